The van der Waals surface area contributed by atoms with Gasteiger partial charge in [-0.15, -0.1) is 0 Å². The van der Waals surface area contributed by atoms with Crippen LogP contribution in [0.2, 0.25) is 0 Å². The minimum absolute atomic E-state index is 0.0560. The predicted octanol–water partition coefficient (Wildman–Crippen LogP) is 1.99. The molecule has 1 aromatic rings. The fraction of sp³-hybridized carbons (Fsp3) is 0.333. The van der Waals surface area contributed by atoms with E-state index in [1.165, 1.54) is 0 Å². The van der Waals surface area contributed by atoms with Gasteiger partial charge in [-0.3, -0.25) is 0 Å². The van der Waals surface area contributed by atoms with Crippen molar-refractivity contribution < 1.29 is 9.53 Å². The second kappa shape index (κ2) is 6.31. The van der Waals surface area contributed by atoms with Crippen molar-refractivity contribution in [1.82, 2.24) is 5.32 Å². The zero-order valence-electron chi connectivity index (χ0n) is 10.1. The molecule has 0 bridgehead atoms. The van der Waals surface area contributed by atoms with Gasteiger partial charge >= 0.3 is 6.03 Å². The van der Waals surface area contributed by atoms with E-state index >= 15 is 0 Å². The van der Waals surface area contributed by atoms with E-state index in [4.69, 9.17) is 22.7 Å². The minimum Gasteiger partial charge on any atom is -0.389 e. The number of thiocarbonyl (C=S) groups is 1. The summed E-state index contributed by atoms with van der Waals surface area (Å²) in [6.07, 6.45) is 0.827. The normalized spacial score (nSPS) is 18.1. The molecule has 0 radical (unpaired) electrons. The van der Waals surface area contributed by atoms with Crippen molar-refractivity contribution in [3.8, 4) is 0 Å². The first-order valence-corrected chi connectivity index (χ1v) is 7.01. The Balaban J connectivity index is 2.06. The Bertz CT molecular complexity index is 504. The lowest BCUT2D eigenvalue weighted by molar-refractivity contribution is 0.189. The lowest BCUT2D eigenvalue weighted by Crippen LogP contribution is -2.38. The number of halogens is 1. The van der Waals surface area contributed by atoms with Gasteiger partial charge in [0.05, 0.1) is 18.3 Å². The van der Waals surface area contributed by atoms with E-state index in [2.05, 4.69) is 26.6 Å². The highest BCUT2D eigenvalue weighted by Gasteiger charge is 2.18. The largest absolute Gasteiger partial charge is 0.389 e. The van der Waals surface area contributed by atoms with Gasteiger partial charge in [0.15, 0.2) is 0 Å². The van der Waals surface area contributed by atoms with Crippen molar-refractivity contribution in [3.63, 3.8) is 0 Å². The number of urea groups is 1. The Kier molecular flexibility index (Phi) is 4.73. The average molecular weight is 344 g/mol. The molecule has 7 heteroatoms. The Morgan fingerprint density at radius 2 is 2.32 bits per heavy atom. The number of hydrogen-bond donors (Lipinski definition) is 3. The van der Waals surface area contributed by atoms with E-state index in [9.17, 15) is 4.79 Å². The highest BCUT2D eigenvalue weighted by Crippen LogP contribution is 2.21. The van der Waals surface area contributed by atoms with Crippen LogP contribution in [0.4, 0.5) is 10.5 Å². The highest BCUT2D eigenvalue weighted by molar-refractivity contribution is 9.10. The Hall–Kier alpha value is -1.18. The van der Waals surface area contributed by atoms with Crippen LogP contribution in [0.5, 0.6) is 0 Å². The topological polar surface area (TPSA) is 76.4 Å². The van der Waals surface area contributed by atoms with Crippen molar-refractivity contribution in [1.29, 1.82) is 0 Å². The summed E-state index contributed by atoms with van der Waals surface area (Å²) < 4.78 is 6.04. The molecule has 1 unspecified atom stereocenters. The summed E-state index contributed by atoms with van der Waals surface area (Å²) in [5.41, 5.74) is 6.85. The first-order chi connectivity index (χ1) is 9.06. The number of rotatable bonds is 3. The van der Waals surface area contributed by atoms with Crippen LogP contribution in [0.15, 0.2) is 22.7 Å². The molecule has 4 N–H and O–H groups in total. The van der Waals surface area contributed by atoms with Gasteiger partial charge in [-0.05, 0) is 24.6 Å². The first-order valence-electron chi connectivity index (χ1n) is 5.81. The molecule has 102 valence electrons. The van der Waals surface area contributed by atoms with Crippen molar-refractivity contribution in [3.05, 3.63) is 28.2 Å². The van der Waals surface area contributed by atoms with Crippen LogP contribution in [0.3, 0.4) is 0 Å². The number of benzene rings is 1. The van der Waals surface area contributed by atoms with Gasteiger partial charge < -0.3 is 21.1 Å². The van der Waals surface area contributed by atoms with Crippen LogP contribution in [0, 0.1) is 0 Å². The monoisotopic (exact) mass is 343 g/mol. The molecular weight excluding hydrogens is 330 g/mol. The average Bonchev–Trinajstić information content (AvgIpc) is 2.81. The molecule has 1 atom stereocenters. The maximum absolute atomic E-state index is 11.9. The van der Waals surface area contributed by atoms with Gasteiger partial charge in [0.25, 0.3) is 0 Å². The highest BCUT2D eigenvalue weighted by atomic mass is 79.9. The first kappa shape index (κ1) is 14.2. The van der Waals surface area contributed by atoms with Gasteiger partial charge in [0.1, 0.15) is 4.99 Å². The van der Waals surface area contributed by atoms with Crippen LogP contribution in [0.1, 0.15) is 12.0 Å². The number of ether oxygens (including phenoxy) is 1. The summed E-state index contributed by atoms with van der Waals surface area (Å²) in [5.74, 6) is 0. The molecule has 5 nitrogen and oxygen atoms in total. The van der Waals surface area contributed by atoms with Gasteiger partial charge in [-0.2, -0.15) is 0 Å². The van der Waals surface area contributed by atoms with E-state index in [0.29, 0.717) is 24.5 Å². The Morgan fingerprint density at radius 1 is 1.53 bits per heavy atom. The van der Waals surface area contributed by atoms with E-state index in [1.807, 2.05) is 6.07 Å². The molecule has 1 heterocycles. The zero-order valence-corrected chi connectivity index (χ0v) is 12.5. The number of carbonyl (C=O) groups is 1. The van der Waals surface area contributed by atoms with Gasteiger partial charge in [-0.1, -0.05) is 28.1 Å². The van der Waals surface area contributed by atoms with E-state index in [0.717, 1.165) is 10.9 Å². The lowest BCUT2D eigenvalue weighted by Gasteiger charge is -2.14. The molecule has 19 heavy (non-hydrogen) atoms. The maximum Gasteiger partial charge on any atom is 0.319 e. The number of hydrogen-bond acceptors (Lipinski definition) is 3. The number of amides is 2. The van der Waals surface area contributed by atoms with Crippen molar-refractivity contribution in [2.45, 2.75) is 12.5 Å². The molecule has 1 aliphatic heterocycles. The number of nitrogens with one attached hydrogen (secondary N) is 2. The lowest BCUT2D eigenvalue weighted by atomic mass is 10.2. The third-order valence-electron chi connectivity index (χ3n) is 2.76. The SMILES string of the molecule is NC(=S)c1ccc(Br)cc1NC(=O)NC1CCOC1. The standard InChI is InChI=1S/C12H14BrN3O2S/c13-7-1-2-9(11(14)19)10(5-7)16-12(17)15-8-3-4-18-6-8/h1-2,5,8H,3-4,6H2,(H2,14,19)(H2,15,16,17). The third-order valence-corrected chi connectivity index (χ3v) is 3.47. The Morgan fingerprint density at radius 3 is 2.95 bits per heavy atom. The summed E-state index contributed by atoms with van der Waals surface area (Å²) in [6.45, 7) is 1.23. The van der Waals surface area contributed by atoms with E-state index < -0.39 is 0 Å². The fourth-order valence-corrected chi connectivity index (χ4v) is 2.37. The summed E-state index contributed by atoms with van der Waals surface area (Å²) in [5, 5.41) is 5.59. The number of carbonyl (C=O) groups excluding carboxylic acids is 1. The van der Waals surface area contributed by atoms with Crippen molar-refractivity contribution in [2.75, 3.05) is 18.5 Å². The molecule has 1 saturated heterocycles. The predicted molar refractivity (Wildman–Crippen MR) is 81.4 cm³/mol. The molecule has 0 aliphatic carbocycles. The van der Waals surface area contributed by atoms with Crippen LogP contribution in [-0.4, -0.2) is 30.3 Å². The number of anilines is 1. The van der Waals surface area contributed by atoms with Gasteiger partial charge in [0, 0.05) is 16.6 Å². The Labute approximate surface area is 125 Å². The molecule has 2 rings (SSSR count). The molecule has 0 spiro atoms. The fourth-order valence-electron chi connectivity index (χ4n) is 1.83. The molecular formula is C12H14BrN3O2S. The second-order valence-electron chi connectivity index (χ2n) is 4.21. The van der Waals surface area contributed by atoms with E-state index in [-0.39, 0.29) is 17.1 Å². The zero-order chi connectivity index (χ0) is 13.8. The number of nitrogens with two attached hydrogens (primary N) is 1. The molecule has 1 aliphatic rings. The molecule has 0 saturated carbocycles. The van der Waals surface area contributed by atoms with Gasteiger partial charge in [-0.25, -0.2) is 4.79 Å². The smallest absolute Gasteiger partial charge is 0.319 e. The molecule has 0 aromatic heterocycles. The molecule has 1 aromatic carbocycles. The molecule has 2 amide bonds. The van der Waals surface area contributed by atoms with Gasteiger partial charge in [0.2, 0.25) is 0 Å². The van der Waals surface area contributed by atoms with Crippen molar-refractivity contribution >= 4 is 44.9 Å². The quantitative estimate of drug-likeness (QED) is 0.733. The maximum atomic E-state index is 11.9. The second-order valence-corrected chi connectivity index (χ2v) is 5.57. The summed E-state index contributed by atoms with van der Waals surface area (Å²) in [7, 11) is 0. The summed E-state index contributed by atoms with van der Waals surface area (Å²) in [6, 6.07) is 5.12. The van der Waals surface area contributed by atoms with E-state index in [1.54, 1.807) is 12.1 Å². The van der Waals surface area contributed by atoms with Crippen LogP contribution in [0.25, 0.3) is 0 Å². The van der Waals surface area contributed by atoms with Crippen LogP contribution >= 0.6 is 28.1 Å². The van der Waals surface area contributed by atoms with Crippen LogP contribution < -0.4 is 16.4 Å². The minimum atomic E-state index is -0.286. The van der Waals surface area contributed by atoms with Crippen LogP contribution in [-0.2, 0) is 4.74 Å². The summed E-state index contributed by atoms with van der Waals surface area (Å²) >= 11 is 8.31. The molecule has 1 fully saturated rings. The van der Waals surface area contributed by atoms with Crippen molar-refractivity contribution in [2.24, 2.45) is 5.73 Å². The summed E-state index contributed by atoms with van der Waals surface area (Å²) in [4.78, 5) is 12.1. The third kappa shape index (κ3) is 3.89.